The van der Waals surface area contributed by atoms with E-state index in [1.165, 1.54) is 18.9 Å². The number of allylic oxidation sites excluding steroid dienone is 1. The van der Waals surface area contributed by atoms with Gasteiger partial charge in [-0.2, -0.15) is 5.26 Å². The predicted molar refractivity (Wildman–Crippen MR) is 136 cm³/mol. The molecule has 35 heavy (non-hydrogen) atoms. The number of aryl methyl sites for hydroxylation is 1. The molecule has 1 amide bonds. The quantitative estimate of drug-likeness (QED) is 0.266. The fourth-order valence-electron chi connectivity index (χ4n) is 3.66. The Morgan fingerprint density at radius 1 is 1.17 bits per heavy atom. The number of carbonyl (C=O) groups is 2. The summed E-state index contributed by atoms with van der Waals surface area (Å²) in [6.07, 6.45) is 0. The molecule has 2 aromatic carbocycles. The number of benzene rings is 2. The Hall–Kier alpha value is -2.86. The highest BCUT2D eigenvalue weighted by Crippen LogP contribution is 2.44. The number of nitrogens with one attached hydrogen (secondary N) is 1. The molecule has 0 bridgehead atoms. The summed E-state index contributed by atoms with van der Waals surface area (Å²) in [5.74, 6) is -2.10. The van der Waals surface area contributed by atoms with E-state index >= 15 is 0 Å². The second-order valence-electron chi connectivity index (χ2n) is 7.58. The minimum atomic E-state index is -1.28. The van der Waals surface area contributed by atoms with Gasteiger partial charge in [0.2, 0.25) is 5.91 Å². The number of methoxy groups -OCH3 is 1. The molecule has 7 nitrogen and oxygen atoms in total. The third-order valence-corrected chi connectivity index (χ3v) is 6.81. The van der Waals surface area contributed by atoms with Crippen LogP contribution in [0, 0.1) is 24.2 Å². The highest BCUT2D eigenvalue weighted by Gasteiger charge is 2.44. The van der Waals surface area contributed by atoms with E-state index in [0.717, 1.165) is 11.3 Å². The normalized spacial score (nSPS) is 17.4. The van der Waals surface area contributed by atoms with Crippen LogP contribution in [0.5, 0.6) is 11.5 Å². The average molecular weight is 535 g/mol. The molecule has 1 aliphatic rings. The van der Waals surface area contributed by atoms with Gasteiger partial charge in [-0.1, -0.05) is 40.9 Å². The highest BCUT2D eigenvalue weighted by molar-refractivity contribution is 8.03. The van der Waals surface area contributed by atoms with E-state index < -0.39 is 23.7 Å². The smallest absolute Gasteiger partial charge is 0.319 e. The lowest BCUT2D eigenvalue weighted by atomic mass is 9.78. The van der Waals surface area contributed by atoms with E-state index in [-0.39, 0.29) is 15.6 Å². The van der Waals surface area contributed by atoms with Crippen LogP contribution in [0.1, 0.15) is 24.0 Å². The number of nitriles is 1. The summed E-state index contributed by atoms with van der Waals surface area (Å²) in [7, 11) is 1.19. The van der Waals surface area contributed by atoms with Crippen molar-refractivity contribution in [1.82, 2.24) is 5.32 Å². The Morgan fingerprint density at radius 2 is 1.83 bits per heavy atom. The molecule has 1 N–H and O–H groups in total. The predicted octanol–water partition coefficient (Wildman–Crippen LogP) is 5.25. The van der Waals surface area contributed by atoms with E-state index in [2.05, 4.69) is 11.4 Å². The zero-order valence-corrected chi connectivity index (χ0v) is 21.7. The number of ether oxygens (including phenoxy) is 3. The number of rotatable bonds is 9. The van der Waals surface area contributed by atoms with Crippen LogP contribution in [0.25, 0.3) is 0 Å². The van der Waals surface area contributed by atoms with E-state index in [4.69, 9.17) is 37.4 Å². The van der Waals surface area contributed by atoms with Gasteiger partial charge in [-0.3, -0.25) is 9.59 Å². The molecular formula is C25H24Cl2N2O5S. The molecular weight excluding hydrogens is 511 g/mol. The lowest BCUT2D eigenvalue weighted by Gasteiger charge is -2.31. The van der Waals surface area contributed by atoms with Crippen molar-refractivity contribution in [3.63, 3.8) is 0 Å². The van der Waals surface area contributed by atoms with Crippen LogP contribution in [0.4, 0.5) is 0 Å². The van der Waals surface area contributed by atoms with Crippen LogP contribution in [-0.2, 0) is 14.3 Å². The zero-order chi connectivity index (χ0) is 25.5. The van der Waals surface area contributed by atoms with Crippen LogP contribution in [0.2, 0.25) is 10.0 Å². The molecule has 3 rings (SSSR count). The van der Waals surface area contributed by atoms with Gasteiger partial charge in [0.05, 0.1) is 47.0 Å². The van der Waals surface area contributed by atoms with Gasteiger partial charge in [-0.25, -0.2) is 0 Å². The van der Waals surface area contributed by atoms with Crippen molar-refractivity contribution in [3.8, 4) is 17.6 Å². The number of thioether (sulfide) groups is 1. The number of hydrogen-bond donors (Lipinski definition) is 1. The number of hydrogen-bond acceptors (Lipinski definition) is 7. The summed E-state index contributed by atoms with van der Waals surface area (Å²) in [6, 6.07) is 12.9. The van der Waals surface area contributed by atoms with Crippen LogP contribution >= 0.6 is 35.0 Å². The highest BCUT2D eigenvalue weighted by atomic mass is 35.5. The first-order valence-corrected chi connectivity index (χ1v) is 12.5. The Kier molecular flexibility index (Phi) is 9.33. The SMILES string of the molecule is CCOc1c(Cl)cc([C@@H]2C(C#N)=C(SCCOc3ccc(C)cc3)NC(=O)[C@@H]2C(=O)OC)cc1Cl. The molecule has 0 saturated carbocycles. The van der Waals surface area contributed by atoms with Crippen LogP contribution in [-0.4, -0.2) is 38.0 Å². The Labute approximate surface area is 218 Å². The largest absolute Gasteiger partial charge is 0.493 e. The van der Waals surface area contributed by atoms with E-state index in [1.54, 1.807) is 19.1 Å². The van der Waals surface area contributed by atoms with Crippen LogP contribution < -0.4 is 14.8 Å². The summed E-state index contributed by atoms with van der Waals surface area (Å²) in [6.45, 7) is 4.48. The van der Waals surface area contributed by atoms with Crippen molar-refractivity contribution in [3.05, 3.63) is 68.2 Å². The molecule has 1 heterocycles. The van der Waals surface area contributed by atoms with Gasteiger partial charge in [0.25, 0.3) is 0 Å². The molecule has 0 spiro atoms. The molecule has 0 aliphatic carbocycles. The summed E-state index contributed by atoms with van der Waals surface area (Å²) < 4.78 is 16.1. The summed E-state index contributed by atoms with van der Waals surface area (Å²) in [5.41, 5.74) is 1.76. The fraction of sp³-hybridized carbons (Fsp3) is 0.320. The van der Waals surface area contributed by atoms with Gasteiger partial charge in [0, 0.05) is 11.7 Å². The van der Waals surface area contributed by atoms with Gasteiger partial charge in [0.1, 0.15) is 11.7 Å². The topological polar surface area (TPSA) is 97.6 Å². The molecule has 0 radical (unpaired) electrons. The molecule has 0 fully saturated rings. The lowest BCUT2D eigenvalue weighted by Crippen LogP contribution is -2.44. The van der Waals surface area contributed by atoms with Crippen LogP contribution in [0.3, 0.4) is 0 Å². The number of halogens is 2. The molecule has 2 atom stereocenters. The second kappa shape index (κ2) is 12.2. The molecule has 0 unspecified atom stereocenters. The summed E-state index contributed by atoms with van der Waals surface area (Å²) in [5, 5.41) is 13.5. The van der Waals surface area contributed by atoms with Gasteiger partial charge >= 0.3 is 5.97 Å². The summed E-state index contributed by atoms with van der Waals surface area (Å²) in [4.78, 5) is 25.6. The fourth-order valence-corrected chi connectivity index (χ4v) is 5.14. The Balaban J connectivity index is 1.92. The third kappa shape index (κ3) is 6.23. The van der Waals surface area contributed by atoms with Crippen LogP contribution in [0.15, 0.2) is 47.0 Å². The molecule has 0 saturated heterocycles. The first kappa shape index (κ1) is 26.7. The van der Waals surface area contributed by atoms with Crippen molar-refractivity contribution in [2.75, 3.05) is 26.1 Å². The first-order valence-electron chi connectivity index (χ1n) is 10.8. The average Bonchev–Trinajstić information content (AvgIpc) is 2.84. The number of nitrogens with zero attached hydrogens (tertiary/aromatic N) is 1. The Bertz CT molecular complexity index is 1150. The maximum absolute atomic E-state index is 13.0. The second-order valence-corrected chi connectivity index (χ2v) is 9.50. The zero-order valence-electron chi connectivity index (χ0n) is 19.4. The van der Waals surface area contributed by atoms with Crippen molar-refractivity contribution in [2.45, 2.75) is 19.8 Å². The van der Waals surface area contributed by atoms with Gasteiger partial charge in [0.15, 0.2) is 5.75 Å². The monoisotopic (exact) mass is 534 g/mol. The van der Waals surface area contributed by atoms with Crippen molar-refractivity contribution >= 4 is 46.8 Å². The molecule has 1 aliphatic heterocycles. The maximum atomic E-state index is 13.0. The number of amides is 1. The van der Waals surface area contributed by atoms with E-state index in [1.807, 2.05) is 31.2 Å². The molecule has 0 aromatic heterocycles. The minimum Gasteiger partial charge on any atom is -0.493 e. The van der Waals surface area contributed by atoms with Crippen molar-refractivity contribution in [2.24, 2.45) is 5.92 Å². The van der Waals surface area contributed by atoms with Gasteiger partial charge < -0.3 is 19.5 Å². The van der Waals surface area contributed by atoms with Gasteiger partial charge in [-0.05, 0) is 43.7 Å². The minimum absolute atomic E-state index is 0.205. The van der Waals surface area contributed by atoms with Crippen molar-refractivity contribution in [1.29, 1.82) is 5.26 Å². The maximum Gasteiger partial charge on any atom is 0.319 e. The van der Waals surface area contributed by atoms with Crippen molar-refractivity contribution < 1.29 is 23.8 Å². The molecule has 10 heteroatoms. The lowest BCUT2D eigenvalue weighted by molar-refractivity contribution is -0.150. The Morgan fingerprint density at radius 3 is 2.40 bits per heavy atom. The van der Waals surface area contributed by atoms with E-state index in [0.29, 0.717) is 35.3 Å². The standard InChI is InChI=1S/C25H24Cl2N2O5S/c1-4-33-22-18(26)11-15(12-19(22)27)20-17(13-28)24(29-23(30)21(20)25(31)32-3)35-10-9-34-16-7-5-14(2)6-8-16/h5-8,11-12,20-21H,4,9-10H2,1-3H3,(H,29,30)/t20-,21-/m1/s1. The summed E-state index contributed by atoms with van der Waals surface area (Å²) >= 11 is 14.0. The third-order valence-electron chi connectivity index (χ3n) is 5.27. The molecule has 184 valence electrons. The number of carbonyl (C=O) groups excluding carboxylic acids is 2. The van der Waals surface area contributed by atoms with Gasteiger partial charge in [-0.15, -0.1) is 11.8 Å². The van der Waals surface area contributed by atoms with E-state index in [9.17, 15) is 14.9 Å². The number of esters is 1. The molecule has 2 aromatic rings. The first-order chi connectivity index (χ1) is 16.8.